The van der Waals surface area contributed by atoms with Crippen molar-refractivity contribution in [2.24, 2.45) is 5.10 Å². The number of rotatable bonds is 7. The first kappa shape index (κ1) is 27.7. The summed E-state index contributed by atoms with van der Waals surface area (Å²) in [6.07, 6.45) is -4.38. The highest BCUT2D eigenvalue weighted by Gasteiger charge is 2.63. The lowest BCUT2D eigenvalue weighted by Crippen LogP contribution is -2.45. The van der Waals surface area contributed by atoms with E-state index in [9.17, 15) is 39.2 Å². The predicted octanol–water partition coefficient (Wildman–Crippen LogP) is 5.52. The van der Waals surface area contributed by atoms with Crippen LogP contribution in [0, 0.1) is 11.6 Å². The van der Waals surface area contributed by atoms with Crippen molar-refractivity contribution in [1.82, 2.24) is 4.72 Å². The Labute approximate surface area is 220 Å². The maximum atomic E-state index is 14.6. The third kappa shape index (κ3) is 5.58. The molecule has 212 valence electrons. The number of piperidine rings is 1. The number of benzene rings is 2. The summed E-state index contributed by atoms with van der Waals surface area (Å²) in [5.74, 6) is -7.35. The zero-order chi connectivity index (χ0) is 28.2. The molecule has 5 rings (SSSR count). The zero-order valence-corrected chi connectivity index (χ0v) is 21.3. The van der Waals surface area contributed by atoms with Crippen LogP contribution in [0.5, 0.6) is 0 Å². The van der Waals surface area contributed by atoms with Crippen LogP contribution < -0.4 is 14.6 Å². The van der Waals surface area contributed by atoms with Gasteiger partial charge in [-0.3, -0.25) is 5.01 Å². The second-order valence-electron chi connectivity index (χ2n) is 10.00. The first-order valence-electron chi connectivity index (χ1n) is 12.4. The number of anilines is 2. The molecule has 0 bridgehead atoms. The Morgan fingerprint density at radius 3 is 2.23 bits per heavy atom. The van der Waals surface area contributed by atoms with Crippen molar-refractivity contribution < 1.29 is 39.2 Å². The van der Waals surface area contributed by atoms with Gasteiger partial charge in [0.05, 0.1) is 17.0 Å². The molecule has 0 spiro atoms. The van der Waals surface area contributed by atoms with Crippen molar-refractivity contribution in [3.63, 3.8) is 0 Å². The van der Waals surface area contributed by atoms with E-state index in [4.69, 9.17) is 0 Å². The minimum Gasteiger partial charge on any atom is -0.371 e. The van der Waals surface area contributed by atoms with Crippen molar-refractivity contribution in [1.29, 1.82) is 0 Å². The average molecular weight is 579 g/mol. The van der Waals surface area contributed by atoms with Gasteiger partial charge in [0.1, 0.15) is 11.5 Å². The van der Waals surface area contributed by atoms with Crippen LogP contribution in [-0.2, 0) is 10.0 Å². The molecule has 1 N–H and O–H groups in total. The fourth-order valence-electron chi connectivity index (χ4n) is 4.90. The molecule has 6 nitrogen and oxygen atoms in total. The summed E-state index contributed by atoms with van der Waals surface area (Å²) in [5.41, 5.74) is -0.961. The van der Waals surface area contributed by atoms with Crippen LogP contribution in [0.25, 0.3) is 0 Å². The highest BCUT2D eigenvalue weighted by atomic mass is 32.2. The van der Waals surface area contributed by atoms with E-state index in [0.717, 1.165) is 17.1 Å². The number of nitrogens with zero attached hydrogens (tertiary/aromatic N) is 3. The van der Waals surface area contributed by atoms with Crippen molar-refractivity contribution in [2.45, 2.75) is 61.5 Å². The van der Waals surface area contributed by atoms with Gasteiger partial charge in [-0.15, -0.1) is 0 Å². The molecule has 1 unspecified atom stereocenters. The molecule has 0 aromatic heterocycles. The molecule has 14 heteroatoms. The molecule has 0 amide bonds. The Balaban J connectivity index is 1.38. The highest BCUT2D eigenvalue weighted by molar-refractivity contribution is 7.90. The van der Waals surface area contributed by atoms with E-state index in [1.807, 2.05) is 4.90 Å². The minimum atomic E-state index is -5.90. The van der Waals surface area contributed by atoms with Gasteiger partial charge in [0, 0.05) is 37.3 Å². The molecule has 2 aromatic rings. The Hall–Kier alpha value is -2.87. The molecule has 2 fully saturated rings. The van der Waals surface area contributed by atoms with Crippen LogP contribution in [0.1, 0.15) is 43.7 Å². The molecular formula is C25H25F7N4O2S. The van der Waals surface area contributed by atoms with Gasteiger partial charge in [0.15, 0.2) is 5.82 Å². The fraction of sp³-hybridized carbons (Fsp3) is 0.480. The first-order chi connectivity index (χ1) is 18.3. The van der Waals surface area contributed by atoms with E-state index < -0.39 is 57.6 Å². The Morgan fingerprint density at radius 1 is 0.923 bits per heavy atom. The molecule has 0 radical (unpaired) electrons. The van der Waals surface area contributed by atoms with Gasteiger partial charge in [-0.25, -0.2) is 21.9 Å². The number of hydrazone groups is 1. The van der Waals surface area contributed by atoms with Crippen LogP contribution in [0.4, 0.5) is 42.1 Å². The lowest BCUT2D eigenvalue weighted by atomic mass is 9.97. The number of sulfonamides is 1. The number of alkyl halides is 5. The smallest absolute Gasteiger partial charge is 0.371 e. The van der Waals surface area contributed by atoms with E-state index in [1.54, 1.807) is 18.2 Å². The van der Waals surface area contributed by atoms with E-state index >= 15 is 0 Å². The van der Waals surface area contributed by atoms with Crippen molar-refractivity contribution in [3.8, 4) is 0 Å². The fourth-order valence-corrected chi connectivity index (χ4v) is 6.55. The van der Waals surface area contributed by atoms with E-state index in [0.29, 0.717) is 56.1 Å². The molecule has 1 aliphatic carbocycles. The summed E-state index contributed by atoms with van der Waals surface area (Å²) in [5, 5.41) is 3.90. The monoisotopic (exact) mass is 578 g/mol. The normalized spacial score (nSPS) is 21.4. The van der Waals surface area contributed by atoms with E-state index in [-0.39, 0.29) is 11.3 Å². The lowest BCUT2D eigenvalue weighted by Gasteiger charge is -2.34. The van der Waals surface area contributed by atoms with Gasteiger partial charge >= 0.3 is 12.1 Å². The predicted molar refractivity (Wildman–Crippen MR) is 131 cm³/mol. The molecule has 3 aliphatic rings. The minimum absolute atomic E-state index is 0.220. The van der Waals surface area contributed by atoms with Gasteiger partial charge in [-0.05, 0) is 55.5 Å². The summed E-state index contributed by atoms with van der Waals surface area (Å²) in [6, 6.07) is 7.34. The third-order valence-electron chi connectivity index (χ3n) is 7.19. The van der Waals surface area contributed by atoms with Crippen LogP contribution >= 0.6 is 0 Å². The molecule has 2 aromatic carbocycles. The summed E-state index contributed by atoms with van der Waals surface area (Å²) in [7, 11) is -3.34. The topological polar surface area (TPSA) is 65.0 Å². The number of hydrogen-bond donors (Lipinski definition) is 1. The summed E-state index contributed by atoms with van der Waals surface area (Å²) < 4.78 is 123. The third-order valence-corrected chi connectivity index (χ3v) is 9.21. The van der Waals surface area contributed by atoms with Crippen molar-refractivity contribution >= 4 is 27.1 Å². The lowest BCUT2D eigenvalue weighted by molar-refractivity contribution is -0.249. The van der Waals surface area contributed by atoms with Crippen molar-refractivity contribution in [3.05, 3.63) is 59.7 Å². The zero-order valence-electron chi connectivity index (χ0n) is 20.4. The standard InChI is InChI=1S/C25H25F7N4O2S/c26-16-4-7-21(20(27)13-16)36-22(14-23(33-36)24(28,29)25(30,31)32)15-2-1-3-18(12-15)35-10-8-17(9-11-35)34-39(37,38)19-5-6-19/h1-4,7,12-13,17,19,22,34H,5-6,8-11,14H2. The number of halogens is 7. The van der Waals surface area contributed by atoms with Gasteiger partial charge < -0.3 is 4.90 Å². The summed E-state index contributed by atoms with van der Waals surface area (Å²) in [6.45, 7) is 0.965. The summed E-state index contributed by atoms with van der Waals surface area (Å²) in [4.78, 5) is 1.95. The second-order valence-corrected chi connectivity index (χ2v) is 12.0. The van der Waals surface area contributed by atoms with Gasteiger partial charge in [-0.2, -0.15) is 27.1 Å². The van der Waals surface area contributed by atoms with Gasteiger partial charge in [0.2, 0.25) is 10.0 Å². The number of hydrogen-bond acceptors (Lipinski definition) is 5. The van der Waals surface area contributed by atoms with Crippen LogP contribution in [0.15, 0.2) is 47.6 Å². The molecule has 39 heavy (non-hydrogen) atoms. The average Bonchev–Trinajstić information content (AvgIpc) is 3.64. The van der Waals surface area contributed by atoms with Gasteiger partial charge in [0.25, 0.3) is 0 Å². The first-order valence-corrected chi connectivity index (χ1v) is 13.9. The van der Waals surface area contributed by atoms with Crippen LogP contribution in [0.2, 0.25) is 0 Å². The Kier molecular flexibility index (Phi) is 7.06. The quantitative estimate of drug-likeness (QED) is 0.440. The Morgan fingerprint density at radius 2 is 1.62 bits per heavy atom. The van der Waals surface area contributed by atoms with Crippen LogP contribution in [0.3, 0.4) is 0 Å². The molecule has 1 atom stereocenters. The SMILES string of the molecule is O=S(=O)(NC1CCN(c2cccc(C3CC(C(F)(F)C(F)(F)F)=NN3c3ccc(F)cc3F)c2)CC1)C1CC1. The van der Waals surface area contributed by atoms with E-state index in [2.05, 4.69) is 9.82 Å². The molecular weight excluding hydrogens is 553 g/mol. The molecule has 2 heterocycles. The van der Waals surface area contributed by atoms with Crippen molar-refractivity contribution in [2.75, 3.05) is 23.0 Å². The Bertz CT molecular complexity index is 1370. The maximum Gasteiger partial charge on any atom is 0.459 e. The molecule has 2 aliphatic heterocycles. The molecule has 1 saturated heterocycles. The largest absolute Gasteiger partial charge is 0.459 e. The summed E-state index contributed by atoms with van der Waals surface area (Å²) >= 11 is 0. The highest BCUT2D eigenvalue weighted by Crippen LogP contribution is 2.45. The second kappa shape index (κ2) is 9.95. The maximum absolute atomic E-state index is 14.6. The van der Waals surface area contributed by atoms with Crippen LogP contribution in [-0.4, -0.2) is 50.6 Å². The van der Waals surface area contributed by atoms with E-state index in [1.165, 1.54) is 6.07 Å². The number of nitrogens with one attached hydrogen (secondary N) is 1. The molecule has 1 saturated carbocycles. The van der Waals surface area contributed by atoms with Gasteiger partial charge in [-0.1, -0.05) is 12.1 Å².